The molecule has 7 heteroatoms. The Morgan fingerprint density at radius 3 is 2.37 bits per heavy atom. The third kappa shape index (κ3) is 4.52. The second kappa shape index (κ2) is 9.18. The van der Waals surface area contributed by atoms with Crippen molar-refractivity contribution in [3.05, 3.63) is 59.7 Å². The minimum Gasteiger partial charge on any atom is -0.391 e. The molecule has 2 unspecified atom stereocenters. The standard InChI is InChI=1S/C23H30N2O4S/c1-17-10-9-14-20(18(17)2)25(30(28,29)19-11-5-4-6-12-19)16-23(27)24(3)21-13-7-8-15-22(21)26/h4-6,9-12,14,21-22,26H,7-8,13,15-16H2,1-3H3. The average Bonchev–Trinajstić information content (AvgIpc) is 2.74. The van der Waals surface area contributed by atoms with Crippen LogP contribution in [0.1, 0.15) is 36.8 Å². The summed E-state index contributed by atoms with van der Waals surface area (Å²) in [6, 6.07) is 13.3. The van der Waals surface area contributed by atoms with Gasteiger partial charge in [-0.25, -0.2) is 8.42 Å². The van der Waals surface area contributed by atoms with Crippen molar-refractivity contribution in [1.82, 2.24) is 4.90 Å². The van der Waals surface area contributed by atoms with E-state index in [9.17, 15) is 18.3 Å². The molecule has 1 aliphatic carbocycles. The smallest absolute Gasteiger partial charge is 0.264 e. The van der Waals surface area contributed by atoms with Gasteiger partial charge in [0.25, 0.3) is 10.0 Å². The predicted molar refractivity (Wildman–Crippen MR) is 118 cm³/mol. The maximum Gasteiger partial charge on any atom is 0.264 e. The number of carbonyl (C=O) groups excluding carboxylic acids is 1. The van der Waals surface area contributed by atoms with Crippen molar-refractivity contribution in [2.45, 2.75) is 56.6 Å². The minimum atomic E-state index is -3.94. The van der Waals surface area contributed by atoms with Gasteiger partial charge in [-0.05, 0) is 56.0 Å². The van der Waals surface area contributed by atoms with Crippen LogP contribution in [-0.4, -0.2) is 50.1 Å². The van der Waals surface area contributed by atoms with Crippen LogP contribution in [0.3, 0.4) is 0 Å². The van der Waals surface area contributed by atoms with Crippen LogP contribution in [0.2, 0.25) is 0 Å². The van der Waals surface area contributed by atoms with Gasteiger partial charge in [0.05, 0.1) is 22.7 Å². The number of hydrogen-bond acceptors (Lipinski definition) is 4. The summed E-state index contributed by atoms with van der Waals surface area (Å²) < 4.78 is 28.2. The van der Waals surface area contributed by atoms with Crippen LogP contribution in [0.5, 0.6) is 0 Å². The van der Waals surface area contributed by atoms with E-state index in [1.54, 1.807) is 37.4 Å². The molecule has 1 saturated carbocycles. The first-order valence-corrected chi connectivity index (χ1v) is 11.7. The number of hydrogen-bond donors (Lipinski definition) is 1. The molecule has 0 radical (unpaired) electrons. The predicted octanol–water partition coefficient (Wildman–Crippen LogP) is 3.26. The first-order chi connectivity index (χ1) is 14.2. The van der Waals surface area contributed by atoms with E-state index in [4.69, 9.17) is 0 Å². The van der Waals surface area contributed by atoms with Gasteiger partial charge in [0.2, 0.25) is 5.91 Å². The van der Waals surface area contributed by atoms with Gasteiger partial charge in [-0.15, -0.1) is 0 Å². The first kappa shape index (κ1) is 22.3. The number of anilines is 1. The molecular weight excluding hydrogens is 400 g/mol. The molecular formula is C23H30N2O4S. The van der Waals surface area contributed by atoms with Gasteiger partial charge in [-0.2, -0.15) is 0 Å². The molecule has 6 nitrogen and oxygen atoms in total. The molecule has 1 aliphatic rings. The Bertz CT molecular complexity index is 992. The SMILES string of the molecule is Cc1cccc(N(CC(=O)N(C)C2CCCCC2O)S(=O)(=O)c2ccccc2)c1C. The molecule has 162 valence electrons. The molecule has 1 fully saturated rings. The summed E-state index contributed by atoms with van der Waals surface area (Å²) in [5.74, 6) is -0.332. The van der Waals surface area contributed by atoms with E-state index >= 15 is 0 Å². The second-order valence-electron chi connectivity index (χ2n) is 7.97. The number of likely N-dealkylation sites (N-methyl/N-ethyl adjacent to an activating group) is 1. The third-order valence-electron chi connectivity index (χ3n) is 6.04. The van der Waals surface area contributed by atoms with Gasteiger partial charge >= 0.3 is 0 Å². The Hall–Kier alpha value is -2.38. The third-order valence-corrected chi connectivity index (χ3v) is 7.81. The zero-order valence-corrected chi connectivity index (χ0v) is 18.6. The van der Waals surface area contributed by atoms with Crippen molar-refractivity contribution in [2.24, 2.45) is 0 Å². The van der Waals surface area contributed by atoms with Crippen LogP contribution >= 0.6 is 0 Å². The zero-order chi connectivity index (χ0) is 21.9. The topological polar surface area (TPSA) is 77.9 Å². The molecule has 3 rings (SSSR count). The van der Waals surface area contributed by atoms with Crippen LogP contribution in [0.25, 0.3) is 0 Å². The van der Waals surface area contributed by atoms with Crippen molar-refractivity contribution < 1.29 is 18.3 Å². The second-order valence-corrected chi connectivity index (χ2v) is 9.83. The highest BCUT2D eigenvalue weighted by atomic mass is 32.2. The van der Waals surface area contributed by atoms with Gasteiger partial charge in [-0.3, -0.25) is 9.10 Å². The van der Waals surface area contributed by atoms with Gasteiger partial charge in [-0.1, -0.05) is 43.2 Å². The van der Waals surface area contributed by atoms with Crippen molar-refractivity contribution in [1.29, 1.82) is 0 Å². The molecule has 1 amide bonds. The van der Waals surface area contributed by atoms with Gasteiger partial charge < -0.3 is 10.0 Å². The van der Waals surface area contributed by atoms with E-state index in [0.29, 0.717) is 12.1 Å². The molecule has 0 aliphatic heterocycles. The van der Waals surface area contributed by atoms with Crippen LogP contribution in [0, 0.1) is 13.8 Å². The number of nitrogens with zero attached hydrogens (tertiary/aromatic N) is 2. The van der Waals surface area contributed by atoms with Gasteiger partial charge in [0, 0.05) is 7.05 Å². The number of rotatable bonds is 6. The summed E-state index contributed by atoms with van der Waals surface area (Å²) in [6.45, 7) is 3.46. The Labute approximate surface area is 179 Å². The Morgan fingerprint density at radius 1 is 1.03 bits per heavy atom. The summed E-state index contributed by atoms with van der Waals surface area (Å²) in [7, 11) is -2.29. The molecule has 0 spiro atoms. The van der Waals surface area contributed by atoms with Gasteiger partial charge in [0.15, 0.2) is 0 Å². The molecule has 0 heterocycles. The summed E-state index contributed by atoms with van der Waals surface area (Å²) in [5.41, 5.74) is 2.25. The number of aryl methyl sites for hydroxylation is 1. The summed E-state index contributed by atoms with van der Waals surface area (Å²) >= 11 is 0. The Balaban J connectivity index is 1.98. The fourth-order valence-electron chi connectivity index (χ4n) is 3.99. The van der Waals surface area contributed by atoms with E-state index in [1.807, 2.05) is 19.9 Å². The lowest BCUT2D eigenvalue weighted by Gasteiger charge is -2.36. The number of aliphatic hydroxyl groups excluding tert-OH is 1. The van der Waals surface area contributed by atoms with Crippen LogP contribution in [0.15, 0.2) is 53.4 Å². The lowest BCUT2D eigenvalue weighted by Crippen LogP contribution is -2.50. The van der Waals surface area contributed by atoms with Crippen LogP contribution in [-0.2, 0) is 14.8 Å². The number of aliphatic hydroxyl groups is 1. The fourth-order valence-corrected chi connectivity index (χ4v) is 5.48. The van der Waals surface area contributed by atoms with Crippen LogP contribution < -0.4 is 4.31 Å². The molecule has 30 heavy (non-hydrogen) atoms. The molecule has 0 aromatic heterocycles. The summed E-state index contributed by atoms with van der Waals surface area (Å²) in [6.07, 6.45) is 2.69. The van der Waals surface area contributed by atoms with E-state index in [2.05, 4.69) is 0 Å². The largest absolute Gasteiger partial charge is 0.391 e. The Morgan fingerprint density at radius 2 is 1.70 bits per heavy atom. The number of benzene rings is 2. The number of amides is 1. The molecule has 2 aromatic rings. The summed E-state index contributed by atoms with van der Waals surface area (Å²) in [4.78, 5) is 14.8. The van der Waals surface area contributed by atoms with E-state index in [-0.39, 0.29) is 23.4 Å². The lowest BCUT2D eigenvalue weighted by atomic mass is 9.91. The zero-order valence-electron chi connectivity index (χ0n) is 17.8. The monoisotopic (exact) mass is 430 g/mol. The summed E-state index contributed by atoms with van der Waals surface area (Å²) in [5, 5.41) is 10.3. The fraction of sp³-hybridized carbons (Fsp3) is 0.435. The lowest BCUT2D eigenvalue weighted by molar-refractivity contribution is -0.133. The average molecular weight is 431 g/mol. The number of carbonyl (C=O) groups is 1. The molecule has 0 bridgehead atoms. The minimum absolute atomic E-state index is 0.138. The van der Waals surface area contributed by atoms with Crippen molar-refractivity contribution in [3.63, 3.8) is 0 Å². The van der Waals surface area contributed by atoms with Crippen molar-refractivity contribution in [2.75, 3.05) is 17.9 Å². The highest BCUT2D eigenvalue weighted by molar-refractivity contribution is 7.92. The first-order valence-electron chi connectivity index (χ1n) is 10.3. The highest BCUT2D eigenvalue weighted by Crippen LogP contribution is 2.29. The Kier molecular flexibility index (Phi) is 6.83. The quantitative estimate of drug-likeness (QED) is 0.763. The van der Waals surface area contributed by atoms with E-state index < -0.39 is 16.1 Å². The van der Waals surface area contributed by atoms with Crippen molar-refractivity contribution >= 4 is 21.6 Å². The molecule has 0 saturated heterocycles. The normalized spacial score (nSPS) is 19.3. The maximum absolute atomic E-state index is 13.5. The number of sulfonamides is 1. The maximum atomic E-state index is 13.5. The van der Waals surface area contributed by atoms with Crippen molar-refractivity contribution in [3.8, 4) is 0 Å². The highest BCUT2D eigenvalue weighted by Gasteiger charge is 2.33. The molecule has 2 atom stereocenters. The van der Waals surface area contributed by atoms with Crippen LogP contribution in [0.4, 0.5) is 5.69 Å². The van der Waals surface area contributed by atoms with E-state index in [1.165, 1.54) is 21.3 Å². The van der Waals surface area contributed by atoms with E-state index in [0.717, 1.165) is 30.4 Å². The van der Waals surface area contributed by atoms with Gasteiger partial charge in [0.1, 0.15) is 6.54 Å². The molecule has 2 aromatic carbocycles. The molecule has 1 N–H and O–H groups in total.